The lowest BCUT2D eigenvalue weighted by Gasteiger charge is -2.12. The summed E-state index contributed by atoms with van der Waals surface area (Å²) in [6, 6.07) is 9.16. The molecule has 1 N–H and O–H groups in total. The number of benzene rings is 1. The summed E-state index contributed by atoms with van der Waals surface area (Å²) in [5.74, 6) is 1.64. The number of hydrogen-bond acceptors (Lipinski definition) is 3. The van der Waals surface area contributed by atoms with Crippen molar-refractivity contribution in [1.82, 2.24) is 10.3 Å². The molecule has 0 atom stereocenters. The predicted molar refractivity (Wildman–Crippen MR) is 87.3 cm³/mol. The van der Waals surface area contributed by atoms with Gasteiger partial charge in [0.05, 0.1) is 5.02 Å². The lowest BCUT2D eigenvalue weighted by molar-refractivity contribution is 0.450. The largest absolute Gasteiger partial charge is 0.437 e. The van der Waals surface area contributed by atoms with E-state index < -0.39 is 0 Å². The predicted octanol–water partition coefficient (Wildman–Crippen LogP) is 4.93. The average Bonchev–Trinajstić information content (AvgIpc) is 2.45. The summed E-state index contributed by atoms with van der Waals surface area (Å²) in [4.78, 5) is 4.28. The molecule has 3 nitrogen and oxygen atoms in total. The molecule has 0 saturated heterocycles. The van der Waals surface area contributed by atoms with Crippen molar-refractivity contribution < 1.29 is 4.74 Å². The van der Waals surface area contributed by atoms with E-state index in [4.69, 9.17) is 27.9 Å². The van der Waals surface area contributed by atoms with Crippen LogP contribution in [0.1, 0.15) is 19.4 Å². The van der Waals surface area contributed by atoms with E-state index in [-0.39, 0.29) is 0 Å². The molecule has 5 heteroatoms. The van der Waals surface area contributed by atoms with E-state index in [2.05, 4.69) is 24.1 Å². The van der Waals surface area contributed by atoms with Gasteiger partial charge < -0.3 is 10.1 Å². The van der Waals surface area contributed by atoms with Gasteiger partial charge in [0.25, 0.3) is 0 Å². The fourth-order valence-electron chi connectivity index (χ4n) is 1.81. The topological polar surface area (TPSA) is 34.2 Å². The molecule has 0 spiro atoms. The second-order valence-corrected chi connectivity index (χ2v) is 5.93. The molecule has 1 aromatic carbocycles. The van der Waals surface area contributed by atoms with Crippen LogP contribution < -0.4 is 10.1 Å². The van der Waals surface area contributed by atoms with E-state index in [1.54, 1.807) is 24.4 Å². The molecule has 1 heterocycles. The maximum atomic E-state index is 6.14. The molecule has 2 rings (SSSR count). The van der Waals surface area contributed by atoms with Gasteiger partial charge in [-0.05, 0) is 30.7 Å². The first-order chi connectivity index (χ1) is 10.1. The third-order valence-corrected chi connectivity index (χ3v) is 3.64. The van der Waals surface area contributed by atoms with Gasteiger partial charge in [-0.15, -0.1) is 0 Å². The van der Waals surface area contributed by atoms with Gasteiger partial charge in [0, 0.05) is 18.3 Å². The Morgan fingerprint density at radius 1 is 1.19 bits per heavy atom. The Bertz CT molecular complexity index is 603. The Morgan fingerprint density at radius 2 is 2.00 bits per heavy atom. The van der Waals surface area contributed by atoms with Gasteiger partial charge in [-0.25, -0.2) is 4.98 Å². The van der Waals surface area contributed by atoms with Crippen LogP contribution in [0.3, 0.4) is 0 Å². The van der Waals surface area contributed by atoms with Crippen molar-refractivity contribution in [3.63, 3.8) is 0 Å². The molecular weight excluding hydrogens is 307 g/mol. The van der Waals surface area contributed by atoms with Gasteiger partial charge in [-0.1, -0.05) is 49.2 Å². The zero-order chi connectivity index (χ0) is 15.2. The standard InChI is InChI=1S/C16H18Cl2N2O/c1-11(2)9-19-10-12-5-4-8-20-16(12)21-14-7-3-6-13(17)15(14)18/h3-8,11,19H,9-10H2,1-2H3. The SMILES string of the molecule is CC(C)CNCc1cccnc1Oc1cccc(Cl)c1Cl. The van der Waals surface area contributed by atoms with E-state index in [9.17, 15) is 0 Å². The van der Waals surface area contributed by atoms with E-state index in [1.165, 1.54) is 0 Å². The van der Waals surface area contributed by atoms with Gasteiger partial charge in [0.15, 0.2) is 0 Å². The van der Waals surface area contributed by atoms with E-state index >= 15 is 0 Å². The van der Waals surface area contributed by atoms with E-state index in [1.807, 2.05) is 12.1 Å². The highest BCUT2D eigenvalue weighted by molar-refractivity contribution is 6.42. The van der Waals surface area contributed by atoms with Gasteiger partial charge >= 0.3 is 0 Å². The summed E-state index contributed by atoms with van der Waals surface area (Å²) in [6.45, 7) is 5.96. The van der Waals surface area contributed by atoms with Crippen molar-refractivity contribution >= 4 is 23.2 Å². The van der Waals surface area contributed by atoms with Crippen molar-refractivity contribution in [3.8, 4) is 11.6 Å². The van der Waals surface area contributed by atoms with Gasteiger partial charge in [-0.3, -0.25) is 0 Å². The molecular formula is C16H18Cl2N2O. The second kappa shape index (κ2) is 7.64. The van der Waals surface area contributed by atoms with Gasteiger partial charge in [-0.2, -0.15) is 0 Å². The molecule has 0 radical (unpaired) electrons. The third-order valence-electron chi connectivity index (χ3n) is 2.84. The van der Waals surface area contributed by atoms with Crippen LogP contribution in [0.15, 0.2) is 36.5 Å². The van der Waals surface area contributed by atoms with Gasteiger partial charge in [0.2, 0.25) is 5.88 Å². The monoisotopic (exact) mass is 324 g/mol. The molecule has 0 saturated carbocycles. The average molecular weight is 325 g/mol. The first-order valence-electron chi connectivity index (χ1n) is 6.84. The molecule has 0 bridgehead atoms. The molecule has 0 aliphatic heterocycles. The van der Waals surface area contributed by atoms with E-state index in [0.717, 1.165) is 12.1 Å². The van der Waals surface area contributed by atoms with Crippen molar-refractivity contribution in [2.24, 2.45) is 5.92 Å². The Kier molecular flexibility index (Phi) is 5.85. The zero-order valence-corrected chi connectivity index (χ0v) is 13.6. The van der Waals surface area contributed by atoms with Crippen LogP contribution in [-0.2, 0) is 6.54 Å². The highest BCUT2D eigenvalue weighted by atomic mass is 35.5. The molecule has 0 aliphatic rings. The molecule has 1 aromatic heterocycles. The molecule has 2 aromatic rings. The third kappa shape index (κ3) is 4.60. The minimum Gasteiger partial charge on any atom is -0.437 e. The summed E-state index contributed by atoms with van der Waals surface area (Å²) >= 11 is 12.1. The summed E-state index contributed by atoms with van der Waals surface area (Å²) in [6.07, 6.45) is 1.69. The molecule has 21 heavy (non-hydrogen) atoms. The van der Waals surface area contributed by atoms with Crippen LogP contribution >= 0.6 is 23.2 Å². The maximum Gasteiger partial charge on any atom is 0.223 e. The zero-order valence-electron chi connectivity index (χ0n) is 12.1. The first kappa shape index (κ1) is 16.1. The number of aromatic nitrogens is 1. The molecule has 0 unspecified atom stereocenters. The van der Waals surface area contributed by atoms with Crippen molar-refractivity contribution in [2.45, 2.75) is 20.4 Å². The van der Waals surface area contributed by atoms with Crippen molar-refractivity contribution in [3.05, 3.63) is 52.1 Å². The highest BCUT2D eigenvalue weighted by Gasteiger charge is 2.10. The number of ether oxygens (including phenoxy) is 1. The van der Waals surface area contributed by atoms with E-state index in [0.29, 0.717) is 34.1 Å². The van der Waals surface area contributed by atoms with Crippen molar-refractivity contribution in [1.29, 1.82) is 0 Å². The fraction of sp³-hybridized carbons (Fsp3) is 0.312. The van der Waals surface area contributed by atoms with Crippen LogP contribution in [0.2, 0.25) is 10.0 Å². The summed E-state index contributed by atoms with van der Waals surface area (Å²) in [5, 5.41) is 4.23. The number of hydrogen-bond donors (Lipinski definition) is 1. The van der Waals surface area contributed by atoms with Crippen molar-refractivity contribution in [2.75, 3.05) is 6.54 Å². The molecule has 0 amide bonds. The number of pyridine rings is 1. The number of nitrogens with zero attached hydrogens (tertiary/aromatic N) is 1. The lowest BCUT2D eigenvalue weighted by atomic mass is 10.2. The smallest absolute Gasteiger partial charge is 0.223 e. The van der Waals surface area contributed by atoms with Gasteiger partial charge in [0.1, 0.15) is 10.8 Å². The first-order valence-corrected chi connectivity index (χ1v) is 7.60. The minimum atomic E-state index is 0.394. The Labute approximate surface area is 135 Å². The Balaban J connectivity index is 2.14. The molecule has 0 fully saturated rings. The Hall–Kier alpha value is -1.29. The van der Waals surface area contributed by atoms with Crippen LogP contribution in [0.4, 0.5) is 0 Å². The normalized spacial score (nSPS) is 10.9. The maximum absolute atomic E-state index is 6.14. The fourth-order valence-corrected chi connectivity index (χ4v) is 2.14. The number of rotatable bonds is 6. The second-order valence-electron chi connectivity index (χ2n) is 5.15. The number of nitrogens with one attached hydrogen (secondary N) is 1. The van der Waals surface area contributed by atoms with Crippen LogP contribution in [0.25, 0.3) is 0 Å². The summed E-state index contributed by atoms with van der Waals surface area (Å²) in [5.41, 5.74) is 0.981. The lowest BCUT2D eigenvalue weighted by Crippen LogP contribution is -2.19. The number of halogens is 2. The van der Waals surface area contributed by atoms with Crippen LogP contribution in [-0.4, -0.2) is 11.5 Å². The minimum absolute atomic E-state index is 0.394. The quantitative estimate of drug-likeness (QED) is 0.818. The highest BCUT2D eigenvalue weighted by Crippen LogP contribution is 2.34. The molecule has 0 aliphatic carbocycles. The van der Waals surface area contributed by atoms with Crippen LogP contribution in [0, 0.1) is 5.92 Å². The molecule has 112 valence electrons. The Morgan fingerprint density at radius 3 is 2.76 bits per heavy atom. The van der Waals surface area contributed by atoms with Crippen LogP contribution in [0.5, 0.6) is 11.6 Å². The summed E-state index contributed by atoms with van der Waals surface area (Å²) < 4.78 is 5.81. The summed E-state index contributed by atoms with van der Waals surface area (Å²) in [7, 11) is 0.